The Bertz CT molecular complexity index is 236. The molecule has 103 valence electrons. The smallest absolute Gasteiger partial charge is 0.346 e. The molecule has 0 saturated heterocycles. The van der Waals surface area contributed by atoms with E-state index in [1.165, 1.54) is 0 Å². The van der Waals surface area contributed by atoms with Crippen LogP contribution < -0.4 is 0 Å². The molecule has 0 aromatic rings. The second kappa shape index (κ2) is 6.23. The Balaban J connectivity index is 4.86. The van der Waals surface area contributed by atoms with Crippen molar-refractivity contribution in [1.29, 1.82) is 0 Å². The minimum Gasteiger partial charge on any atom is -0.397 e. The van der Waals surface area contributed by atoms with E-state index >= 15 is 0 Å². The van der Waals surface area contributed by atoms with Gasteiger partial charge in [0.05, 0.1) is 9.39 Å². The minimum absolute atomic E-state index is 0.191. The summed E-state index contributed by atoms with van der Waals surface area (Å²) in [5, 5.41) is 0. The Kier molecular flexibility index (Phi) is 6.49. The van der Waals surface area contributed by atoms with Gasteiger partial charge in [0.2, 0.25) is 0 Å². The highest BCUT2D eigenvalue weighted by Gasteiger charge is 2.44. The van der Waals surface area contributed by atoms with Crippen molar-refractivity contribution in [3.05, 3.63) is 0 Å². The lowest BCUT2D eigenvalue weighted by Crippen LogP contribution is -2.53. The first-order valence-electron chi connectivity index (χ1n) is 6.12. The number of hydrogen-bond donors (Lipinski definition) is 0. The molecule has 0 aromatic heterocycles. The number of rotatable bonds is 6. The molecule has 0 aliphatic carbocycles. The molecule has 0 heterocycles. The normalized spacial score (nSPS) is 19.8. The molecule has 0 aliphatic rings. The highest BCUT2D eigenvalue weighted by Crippen LogP contribution is 2.46. The summed E-state index contributed by atoms with van der Waals surface area (Å²) in [6, 6.07) is 0. The Morgan fingerprint density at radius 1 is 1.29 bits per heavy atom. The molecule has 0 amide bonds. The second-order valence-corrected chi connectivity index (χ2v) is 16.8. The highest BCUT2D eigenvalue weighted by atomic mass is 32.4. The Hall–Kier alpha value is 0.704. The quantitative estimate of drug-likeness (QED) is 0.700. The molecule has 0 N–H and O–H groups in total. The summed E-state index contributed by atoms with van der Waals surface area (Å²) in [5.74, 6) is 0. The Labute approximate surface area is 113 Å². The van der Waals surface area contributed by atoms with Gasteiger partial charge in [-0.3, -0.25) is 9.48 Å². The molecule has 0 spiro atoms. The van der Waals surface area contributed by atoms with Gasteiger partial charge >= 0.3 is 8.56 Å². The summed E-state index contributed by atoms with van der Waals surface area (Å²) < 4.78 is 12.0. The molecule has 0 aliphatic heterocycles. The fraction of sp³-hybridized carbons (Fsp3) is 1.00. The molecular formula is C12H29O2SSi2. The van der Waals surface area contributed by atoms with E-state index < -0.39 is 18.0 Å². The van der Waals surface area contributed by atoms with Crippen LogP contribution in [-0.4, -0.2) is 49.1 Å². The van der Waals surface area contributed by atoms with Crippen molar-refractivity contribution in [2.24, 2.45) is 5.41 Å². The topological polar surface area (TPSA) is 18.5 Å². The van der Waals surface area contributed by atoms with E-state index in [4.69, 9.17) is 8.85 Å². The van der Waals surface area contributed by atoms with Gasteiger partial charge in [0.15, 0.2) is 0 Å². The van der Waals surface area contributed by atoms with Gasteiger partial charge in [-0.05, 0) is 30.9 Å². The Morgan fingerprint density at radius 3 is 2.00 bits per heavy atom. The van der Waals surface area contributed by atoms with Gasteiger partial charge in [-0.2, -0.15) is 0 Å². The van der Waals surface area contributed by atoms with Gasteiger partial charge in [0.1, 0.15) is 0 Å². The van der Waals surface area contributed by atoms with E-state index in [0.29, 0.717) is 4.87 Å². The lowest BCUT2D eigenvalue weighted by atomic mass is 9.99. The van der Waals surface area contributed by atoms with Gasteiger partial charge in [-0.15, -0.1) is 0 Å². The first-order valence-corrected chi connectivity index (χ1v) is 12.3. The lowest BCUT2D eigenvalue weighted by molar-refractivity contribution is 0.138. The molecule has 0 fully saturated rings. The maximum Gasteiger partial charge on any atom is 0.346 e. The molecule has 0 rings (SSSR count). The molecule has 3 radical (unpaired) electrons. The molecule has 0 aromatic carbocycles. The van der Waals surface area contributed by atoms with Crippen molar-refractivity contribution >= 4 is 27.4 Å². The van der Waals surface area contributed by atoms with Gasteiger partial charge in [-0.25, -0.2) is 0 Å². The predicted octanol–water partition coefficient (Wildman–Crippen LogP) is 3.23. The summed E-state index contributed by atoms with van der Waals surface area (Å²) in [4.78, 5) is 0.513. The van der Waals surface area contributed by atoms with E-state index in [1.807, 2.05) is 0 Å². The maximum atomic E-state index is 6.23. The third-order valence-electron chi connectivity index (χ3n) is 2.86. The van der Waals surface area contributed by atoms with Crippen molar-refractivity contribution in [2.75, 3.05) is 26.2 Å². The average molecular weight is 294 g/mol. The van der Waals surface area contributed by atoms with Gasteiger partial charge in [-0.1, -0.05) is 27.7 Å². The van der Waals surface area contributed by atoms with E-state index in [1.54, 1.807) is 7.11 Å². The van der Waals surface area contributed by atoms with E-state index in [2.05, 4.69) is 56.1 Å². The van der Waals surface area contributed by atoms with E-state index in [-0.39, 0.29) is 5.41 Å². The largest absolute Gasteiger partial charge is 0.397 e. The third-order valence-corrected chi connectivity index (χ3v) is 12.3. The summed E-state index contributed by atoms with van der Waals surface area (Å²) in [5.41, 5.74) is 0.191. The SMILES string of the molecule is CCC([Si](C)(OC)OCC(C)(C)C)S(C)(C)[Si]. The third kappa shape index (κ3) is 5.92. The van der Waals surface area contributed by atoms with Crippen LogP contribution in [0.25, 0.3) is 0 Å². The second-order valence-electron chi connectivity index (χ2n) is 6.37. The Morgan fingerprint density at radius 2 is 1.76 bits per heavy atom. The molecule has 0 bridgehead atoms. The van der Waals surface area contributed by atoms with Crippen LogP contribution in [-0.2, 0) is 8.85 Å². The minimum atomic E-state index is -2.11. The molecule has 17 heavy (non-hydrogen) atoms. The van der Waals surface area contributed by atoms with Crippen LogP contribution in [0, 0.1) is 5.41 Å². The van der Waals surface area contributed by atoms with Crippen LogP contribution in [0.3, 0.4) is 0 Å². The maximum absolute atomic E-state index is 6.23. The first-order chi connectivity index (χ1) is 7.46. The van der Waals surface area contributed by atoms with Gasteiger partial charge < -0.3 is 8.85 Å². The number of hydrogen-bond acceptors (Lipinski definition) is 2. The summed E-state index contributed by atoms with van der Waals surface area (Å²) in [6.07, 6.45) is 5.66. The molecule has 5 heteroatoms. The first kappa shape index (κ1) is 17.7. The zero-order valence-corrected chi connectivity index (χ0v) is 15.5. The van der Waals surface area contributed by atoms with Crippen molar-refractivity contribution in [3.63, 3.8) is 0 Å². The summed E-state index contributed by atoms with van der Waals surface area (Å²) in [7, 11) is 2.77. The standard InChI is InChI=1S/C12H29O2SSi2/c1-9-11(15(6,7)16)17(8,13-5)14-10-12(2,3)4/h11H,9-10H2,1-8H3. The molecule has 0 saturated carbocycles. The molecule has 2 unspecified atom stereocenters. The van der Waals surface area contributed by atoms with E-state index in [0.717, 1.165) is 13.0 Å². The molecule has 2 atom stereocenters. The molecule has 2 nitrogen and oxygen atoms in total. The van der Waals surface area contributed by atoms with Crippen LogP contribution in [0.1, 0.15) is 34.1 Å². The fourth-order valence-electron chi connectivity index (χ4n) is 1.97. The zero-order valence-electron chi connectivity index (χ0n) is 12.7. The van der Waals surface area contributed by atoms with Gasteiger partial charge in [0, 0.05) is 18.6 Å². The molecular weight excluding hydrogens is 264 g/mol. The van der Waals surface area contributed by atoms with E-state index in [9.17, 15) is 0 Å². The van der Waals surface area contributed by atoms with Crippen molar-refractivity contribution in [3.8, 4) is 0 Å². The van der Waals surface area contributed by atoms with Crippen LogP contribution in [0.4, 0.5) is 0 Å². The van der Waals surface area contributed by atoms with Gasteiger partial charge in [0.25, 0.3) is 0 Å². The predicted molar refractivity (Wildman–Crippen MR) is 83.3 cm³/mol. The highest BCUT2D eigenvalue weighted by molar-refractivity contribution is 8.50. The summed E-state index contributed by atoms with van der Waals surface area (Å²) in [6.45, 7) is 11.8. The fourth-order valence-corrected chi connectivity index (χ4v) is 12.0. The van der Waals surface area contributed by atoms with Crippen LogP contribution in [0.15, 0.2) is 0 Å². The van der Waals surface area contributed by atoms with Crippen molar-refractivity contribution in [2.45, 2.75) is 45.5 Å². The summed E-state index contributed by atoms with van der Waals surface area (Å²) >= 11 is 0. The van der Waals surface area contributed by atoms with Crippen LogP contribution in [0.5, 0.6) is 0 Å². The lowest BCUT2D eigenvalue weighted by Gasteiger charge is -2.44. The monoisotopic (exact) mass is 293 g/mol. The average Bonchev–Trinajstić information content (AvgIpc) is 2.12. The van der Waals surface area contributed by atoms with Crippen molar-refractivity contribution in [1.82, 2.24) is 0 Å². The van der Waals surface area contributed by atoms with Crippen molar-refractivity contribution < 1.29 is 8.85 Å². The van der Waals surface area contributed by atoms with Crippen LogP contribution in [0.2, 0.25) is 6.55 Å². The van der Waals surface area contributed by atoms with Crippen LogP contribution >= 0.6 is 9.48 Å². The zero-order chi connectivity index (χ0) is 13.9.